The second-order valence-corrected chi connectivity index (χ2v) is 3.02. The first-order chi connectivity index (χ1) is 4.77. The van der Waals surface area contributed by atoms with Crippen molar-refractivity contribution in [2.75, 3.05) is 13.1 Å². The second-order valence-electron chi connectivity index (χ2n) is 3.02. The molecule has 0 aromatic heterocycles. The van der Waals surface area contributed by atoms with Crippen LogP contribution in [0.5, 0.6) is 0 Å². The maximum absolute atomic E-state index is 5.91. The predicted octanol–water partition coefficient (Wildman–Crippen LogP) is 0.512. The van der Waals surface area contributed by atoms with Gasteiger partial charge in [-0.3, -0.25) is 0 Å². The van der Waals surface area contributed by atoms with Crippen LogP contribution in [0.2, 0.25) is 0 Å². The summed E-state index contributed by atoms with van der Waals surface area (Å²) in [6, 6.07) is 0. The molecule has 0 amide bonds. The van der Waals surface area contributed by atoms with Gasteiger partial charge in [0.2, 0.25) is 0 Å². The van der Waals surface area contributed by atoms with E-state index in [-0.39, 0.29) is 17.9 Å². The predicted molar refractivity (Wildman–Crippen MR) is 49.7 cm³/mol. The highest BCUT2D eigenvalue weighted by Gasteiger charge is 2.31. The normalized spacial score (nSPS) is 19.3. The third-order valence-electron chi connectivity index (χ3n) is 2.05. The van der Waals surface area contributed by atoms with Crippen LogP contribution in [0.15, 0.2) is 0 Å². The van der Waals surface area contributed by atoms with Gasteiger partial charge < -0.3 is 11.1 Å². The molecule has 0 heterocycles. The minimum Gasteiger partial charge on any atom is -0.324 e. The number of hydrogen-bond donors (Lipinski definition) is 2. The second kappa shape index (κ2) is 4.61. The van der Waals surface area contributed by atoms with Crippen LogP contribution in [0.4, 0.5) is 0 Å². The molecular weight excluding hydrogens is 160 g/mol. The molecule has 0 bridgehead atoms. The van der Waals surface area contributed by atoms with E-state index in [9.17, 15) is 0 Å². The molecule has 2 nitrogen and oxygen atoms in total. The van der Waals surface area contributed by atoms with Crippen LogP contribution < -0.4 is 11.1 Å². The van der Waals surface area contributed by atoms with Crippen molar-refractivity contribution in [3.63, 3.8) is 0 Å². The van der Waals surface area contributed by atoms with E-state index < -0.39 is 0 Å². The molecule has 0 aromatic carbocycles. The minimum atomic E-state index is 0. The molecule has 3 heteroatoms. The number of terminal acetylenes is 1. The maximum atomic E-state index is 5.91. The highest BCUT2D eigenvalue weighted by molar-refractivity contribution is 5.85. The molecule has 0 aromatic rings. The fourth-order valence-electron chi connectivity index (χ4n) is 1.19. The molecule has 0 spiro atoms. The van der Waals surface area contributed by atoms with Crippen LogP contribution in [-0.4, -0.2) is 18.6 Å². The Kier molecular flexibility index (Phi) is 4.51. The molecular formula is C8H15ClN2. The topological polar surface area (TPSA) is 38.0 Å². The van der Waals surface area contributed by atoms with Crippen molar-refractivity contribution in [2.24, 2.45) is 5.73 Å². The Hall–Kier alpha value is -0.230. The summed E-state index contributed by atoms with van der Waals surface area (Å²) in [5.41, 5.74) is 5.98. The molecule has 1 saturated carbocycles. The molecule has 0 atom stereocenters. The lowest BCUT2D eigenvalue weighted by molar-refractivity contribution is 0.242. The van der Waals surface area contributed by atoms with Crippen LogP contribution in [0, 0.1) is 12.3 Å². The lowest BCUT2D eigenvalue weighted by atomic mass is 9.78. The summed E-state index contributed by atoms with van der Waals surface area (Å²) in [5.74, 6) is 2.52. The van der Waals surface area contributed by atoms with E-state index in [1.807, 2.05) is 0 Å². The van der Waals surface area contributed by atoms with Gasteiger partial charge in [-0.15, -0.1) is 18.8 Å². The van der Waals surface area contributed by atoms with Gasteiger partial charge in [0.15, 0.2) is 0 Å². The van der Waals surface area contributed by atoms with Crippen molar-refractivity contribution < 1.29 is 0 Å². The van der Waals surface area contributed by atoms with Gasteiger partial charge in [0.05, 0.1) is 6.54 Å². The van der Waals surface area contributed by atoms with Gasteiger partial charge in [0, 0.05) is 12.1 Å². The van der Waals surface area contributed by atoms with Crippen LogP contribution >= 0.6 is 12.4 Å². The third kappa shape index (κ3) is 3.11. The van der Waals surface area contributed by atoms with Crippen molar-refractivity contribution in [1.29, 1.82) is 0 Å². The van der Waals surface area contributed by atoms with Gasteiger partial charge >= 0.3 is 0 Å². The molecule has 0 aliphatic heterocycles. The number of halogens is 1. The van der Waals surface area contributed by atoms with Crippen molar-refractivity contribution in [3.8, 4) is 12.3 Å². The summed E-state index contributed by atoms with van der Waals surface area (Å²) in [4.78, 5) is 0. The van der Waals surface area contributed by atoms with Crippen molar-refractivity contribution >= 4 is 12.4 Å². The fourth-order valence-corrected chi connectivity index (χ4v) is 1.19. The standard InChI is InChI=1S/C8H14N2.ClH/c1-2-6-10-7-8(9)4-3-5-8;/h1,10H,3-7,9H2;1H. The van der Waals surface area contributed by atoms with Gasteiger partial charge in [0.25, 0.3) is 0 Å². The van der Waals surface area contributed by atoms with E-state index in [0.717, 1.165) is 19.4 Å². The third-order valence-corrected chi connectivity index (χ3v) is 2.05. The van der Waals surface area contributed by atoms with Crippen molar-refractivity contribution in [3.05, 3.63) is 0 Å². The molecule has 1 fully saturated rings. The average Bonchev–Trinajstić information content (AvgIpc) is 1.85. The van der Waals surface area contributed by atoms with Gasteiger partial charge in [-0.05, 0) is 19.3 Å². The van der Waals surface area contributed by atoms with E-state index in [1.165, 1.54) is 6.42 Å². The molecule has 3 N–H and O–H groups in total. The van der Waals surface area contributed by atoms with E-state index in [0.29, 0.717) is 6.54 Å². The Morgan fingerprint density at radius 2 is 2.18 bits per heavy atom. The van der Waals surface area contributed by atoms with Crippen LogP contribution in [-0.2, 0) is 0 Å². The quantitative estimate of drug-likeness (QED) is 0.484. The van der Waals surface area contributed by atoms with Crippen LogP contribution in [0.3, 0.4) is 0 Å². The zero-order chi connectivity index (χ0) is 7.45. The highest BCUT2D eigenvalue weighted by atomic mass is 35.5. The molecule has 0 saturated heterocycles. The Morgan fingerprint density at radius 1 is 1.55 bits per heavy atom. The van der Waals surface area contributed by atoms with E-state index in [1.54, 1.807) is 0 Å². The zero-order valence-corrected chi connectivity index (χ0v) is 7.41. The number of nitrogens with one attached hydrogen (secondary N) is 1. The molecule has 1 aliphatic rings. The van der Waals surface area contributed by atoms with Gasteiger partial charge in [0.1, 0.15) is 0 Å². The lowest BCUT2D eigenvalue weighted by Crippen LogP contribution is -2.53. The summed E-state index contributed by atoms with van der Waals surface area (Å²) in [6.07, 6.45) is 8.62. The molecule has 64 valence electrons. The number of nitrogens with two attached hydrogens (primary N) is 1. The van der Waals surface area contributed by atoms with Crippen LogP contribution in [0.25, 0.3) is 0 Å². The Labute approximate surface area is 74.3 Å². The Bertz CT molecular complexity index is 147. The molecule has 0 unspecified atom stereocenters. The first kappa shape index (κ1) is 10.8. The van der Waals surface area contributed by atoms with E-state index in [2.05, 4.69) is 11.2 Å². The first-order valence-corrected chi connectivity index (χ1v) is 3.70. The van der Waals surface area contributed by atoms with E-state index in [4.69, 9.17) is 12.2 Å². The van der Waals surface area contributed by atoms with Crippen molar-refractivity contribution in [2.45, 2.75) is 24.8 Å². The number of hydrogen-bond acceptors (Lipinski definition) is 2. The smallest absolute Gasteiger partial charge is 0.0574 e. The summed E-state index contributed by atoms with van der Waals surface area (Å²) in [6.45, 7) is 1.51. The molecule has 1 rings (SSSR count). The fraction of sp³-hybridized carbons (Fsp3) is 0.750. The highest BCUT2D eigenvalue weighted by Crippen LogP contribution is 2.27. The first-order valence-electron chi connectivity index (χ1n) is 3.70. The van der Waals surface area contributed by atoms with Crippen molar-refractivity contribution in [1.82, 2.24) is 5.32 Å². The zero-order valence-electron chi connectivity index (χ0n) is 6.60. The maximum Gasteiger partial charge on any atom is 0.0574 e. The molecule has 11 heavy (non-hydrogen) atoms. The monoisotopic (exact) mass is 174 g/mol. The summed E-state index contributed by atoms with van der Waals surface area (Å²) in [7, 11) is 0. The average molecular weight is 175 g/mol. The van der Waals surface area contributed by atoms with Crippen LogP contribution in [0.1, 0.15) is 19.3 Å². The summed E-state index contributed by atoms with van der Waals surface area (Å²) < 4.78 is 0. The Balaban J connectivity index is 0.000001000. The minimum absolute atomic E-state index is 0. The lowest BCUT2D eigenvalue weighted by Gasteiger charge is -2.38. The van der Waals surface area contributed by atoms with Gasteiger partial charge in [-0.2, -0.15) is 0 Å². The molecule has 0 radical (unpaired) electrons. The van der Waals surface area contributed by atoms with E-state index >= 15 is 0 Å². The van der Waals surface area contributed by atoms with Gasteiger partial charge in [-0.1, -0.05) is 5.92 Å². The molecule has 1 aliphatic carbocycles. The van der Waals surface area contributed by atoms with Gasteiger partial charge in [-0.25, -0.2) is 0 Å². The number of rotatable bonds is 3. The summed E-state index contributed by atoms with van der Waals surface area (Å²) in [5, 5.41) is 3.12. The Morgan fingerprint density at radius 3 is 2.55 bits per heavy atom. The summed E-state index contributed by atoms with van der Waals surface area (Å²) >= 11 is 0. The largest absolute Gasteiger partial charge is 0.324 e. The SMILES string of the molecule is C#CCNCC1(N)CCC1.Cl.